The third kappa shape index (κ3) is 3.61. The quantitative estimate of drug-likeness (QED) is 0.686. The minimum absolute atomic E-state index is 0.194. The van der Waals surface area contributed by atoms with Gasteiger partial charge in [-0.05, 0) is 19.1 Å². The van der Waals surface area contributed by atoms with Gasteiger partial charge in [0.15, 0.2) is 0 Å². The molecule has 3 rings (SSSR count). The van der Waals surface area contributed by atoms with Crippen molar-refractivity contribution in [2.75, 3.05) is 20.0 Å². The van der Waals surface area contributed by atoms with E-state index in [1.165, 1.54) is 0 Å². The summed E-state index contributed by atoms with van der Waals surface area (Å²) in [5.74, 6) is 1.44. The van der Waals surface area contributed by atoms with E-state index in [4.69, 9.17) is 15.2 Å². The molecule has 0 atom stereocenters. The Hall–Kier alpha value is -3.48. The van der Waals surface area contributed by atoms with Crippen molar-refractivity contribution in [3.8, 4) is 22.8 Å². The van der Waals surface area contributed by atoms with Crippen molar-refractivity contribution in [3.05, 3.63) is 54.2 Å². The number of nitrogen functional groups attached to an aromatic ring is 1. The number of ether oxygens (including phenoxy) is 2. The van der Waals surface area contributed by atoms with Gasteiger partial charge in [0.1, 0.15) is 28.6 Å². The number of hydrogen-bond acceptors (Lipinski definition) is 7. The molecule has 3 aromatic rings. The molecule has 0 amide bonds. The Morgan fingerprint density at radius 1 is 0.923 bits per heavy atom. The van der Waals surface area contributed by atoms with Crippen LogP contribution in [0.4, 0.5) is 17.3 Å². The molecule has 26 heavy (non-hydrogen) atoms. The molecule has 7 nitrogen and oxygen atoms in total. The second-order valence-electron chi connectivity index (χ2n) is 5.47. The highest BCUT2D eigenvalue weighted by Gasteiger charge is 2.13. The lowest BCUT2D eigenvalue weighted by Crippen LogP contribution is -1.99. The average molecular weight is 349 g/mol. The molecule has 0 bridgehead atoms. The van der Waals surface area contributed by atoms with Crippen LogP contribution in [0.2, 0.25) is 0 Å². The van der Waals surface area contributed by atoms with E-state index in [1.54, 1.807) is 32.4 Å². The summed E-state index contributed by atoms with van der Waals surface area (Å²) in [4.78, 5) is 8.56. The van der Waals surface area contributed by atoms with Gasteiger partial charge < -0.3 is 15.2 Å². The van der Waals surface area contributed by atoms with Crippen molar-refractivity contribution in [2.24, 2.45) is 10.2 Å². The molecule has 2 aromatic carbocycles. The number of nitrogens with zero attached hydrogens (tertiary/aromatic N) is 4. The van der Waals surface area contributed by atoms with Gasteiger partial charge in [-0.1, -0.05) is 30.3 Å². The first kappa shape index (κ1) is 17.3. The maximum absolute atomic E-state index is 5.83. The number of azo groups is 1. The van der Waals surface area contributed by atoms with Crippen LogP contribution in [0.3, 0.4) is 0 Å². The molecule has 0 aliphatic rings. The van der Waals surface area contributed by atoms with Crippen molar-refractivity contribution in [1.82, 2.24) is 9.97 Å². The Morgan fingerprint density at radius 2 is 1.69 bits per heavy atom. The highest BCUT2D eigenvalue weighted by atomic mass is 16.5. The van der Waals surface area contributed by atoms with Crippen LogP contribution in [0.25, 0.3) is 11.3 Å². The highest BCUT2D eigenvalue weighted by Crippen LogP contribution is 2.36. The predicted octanol–water partition coefficient (Wildman–Crippen LogP) is 4.47. The second kappa shape index (κ2) is 7.60. The van der Waals surface area contributed by atoms with Gasteiger partial charge >= 0.3 is 0 Å². The fraction of sp³-hybridized carbons (Fsp3) is 0.158. The first-order chi connectivity index (χ1) is 12.6. The van der Waals surface area contributed by atoms with Crippen LogP contribution in [0, 0.1) is 6.92 Å². The zero-order valence-electron chi connectivity index (χ0n) is 14.8. The minimum Gasteiger partial charge on any atom is -0.497 e. The van der Waals surface area contributed by atoms with Crippen molar-refractivity contribution < 1.29 is 9.47 Å². The monoisotopic (exact) mass is 349 g/mol. The molecule has 0 fully saturated rings. The van der Waals surface area contributed by atoms with Crippen LogP contribution >= 0.6 is 0 Å². The van der Waals surface area contributed by atoms with Crippen molar-refractivity contribution >= 4 is 17.3 Å². The van der Waals surface area contributed by atoms with E-state index in [9.17, 15) is 0 Å². The van der Waals surface area contributed by atoms with E-state index in [2.05, 4.69) is 20.2 Å². The second-order valence-corrected chi connectivity index (χ2v) is 5.47. The lowest BCUT2D eigenvalue weighted by atomic mass is 10.1. The summed E-state index contributed by atoms with van der Waals surface area (Å²) >= 11 is 0. The normalized spacial score (nSPS) is 10.9. The Balaban J connectivity index is 2.09. The fourth-order valence-electron chi connectivity index (χ4n) is 2.48. The first-order valence-corrected chi connectivity index (χ1v) is 7.95. The van der Waals surface area contributed by atoms with Gasteiger partial charge in [0, 0.05) is 11.6 Å². The molecule has 132 valence electrons. The van der Waals surface area contributed by atoms with E-state index in [1.807, 2.05) is 37.3 Å². The molecule has 1 heterocycles. The van der Waals surface area contributed by atoms with Gasteiger partial charge in [-0.25, -0.2) is 9.97 Å². The molecule has 0 spiro atoms. The average Bonchev–Trinajstić information content (AvgIpc) is 2.67. The van der Waals surface area contributed by atoms with Gasteiger partial charge in [-0.3, -0.25) is 0 Å². The molecule has 0 unspecified atom stereocenters. The summed E-state index contributed by atoms with van der Waals surface area (Å²) in [7, 11) is 3.17. The zero-order chi connectivity index (χ0) is 18.5. The number of rotatable bonds is 5. The van der Waals surface area contributed by atoms with Crippen LogP contribution in [-0.2, 0) is 0 Å². The number of benzene rings is 2. The van der Waals surface area contributed by atoms with Gasteiger partial charge in [-0.15, -0.1) is 10.2 Å². The maximum Gasteiger partial charge on any atom is 0.220 e. The van der Waals surface area contributed by atoms with E-state index < -0.39 is 0 Å². The van der Waals surface area contributed by atoms with E-state index in [-0.39, 0.29) is 5.95 Å². The van der Waals surface area contributed by atoms with Crippen LogP contribution in [-0.4, -0.2) is 24.2 Å². The number of nitrogens with two attached hydrogens (primary N) is 1. The highest BCUT2D eigenvalue weighted by molar-refractivity contribution is 5.74. The third-order valence-electron chi connectivity index (χ3n) is 3.77. The topological polar surface area (TPSA) is 95.0 Å². The summed E-state index contributed by atoms with van der Waals surface area (Å²) in [6.07, 6.45) is 0. The molecular formula is C19H19N5O2. The molecule has 0 saturated carbocycles. The number of aryl methyl sites for hydroxylation is 1. The molecule has 0 saturated heterocycles. The molecule has 0 radical (unpaired) electrons. The van der Waals surface area contributed by atoms with E-state index >= 15 is 0 Å². The Morgan fingerprint density at radius 3 is 2.38 bits per heavy atom. The molecular weight excluding hydrogens is 330 g/mol. The Bertz CT molecular complexity index is 942. The molecule has 0 aliphatic carbocycles. The summed E-state index contributed by atoms with van der Waals surface area (Å²) in [5.41, 5.74) is 9.07. The van der Waals surface area contributed by atoms with Gasteiger partial charge in [0.05, 0.1) is 19.9 Å². The first-order valence-electron chi connectivity index (χ1n) is 7.95. The number of methoxy groups -OCH3 is 2. The summed E-state index contributed by atoms with van der Waals surface area (Å²) in [6.45, 7) is 1.82. The fourth-order valence-corrected chi connectivity index (χ4v) is 2.48. The van der Waals surface area contributed by atoms with Crippen molar-refractivity contribution in [2.45, 2.75) is 6.92 Å². The van der Waals surface area contributed by atoms with Crippen LogP contribution in [0.1, 0.15) is 5.69 Å². The summed E-state index contributed by atoms with van der Waals surface area (Å²) in [6, 6.07) is 15.0. The zero-order valence-corrected chi connectivity index (χ0v) is 14.8. The maximum atomic E-state index is 5.83. The lowest BCUT2D eigenvalue weighted by Gasteiger charge is -2.09. The molecule has 1 aromatic heterocycles. The minimum atomic E-state index is 0.194. The van der Waals surface area contributed by atoms with Crippen molar-refractivity contribution in [1.29, 1.82) is 0 Å². The van der Waals surface area contributed by atoms with E-state index in [0.29, 0.717) is 34.3 Å². The third-order valence-corrected chi connectivity index (χ3v) is 3.77. The SMILES string of the molecule is COc1ccc(OC)c(N=Nc2c(C)nc(N)nc2-c2ccccc2)c1. The Labute approximate surface area is 151 Å². The molecule has 0 aliphatic heterocycles. The predicted molar refractivity (Wildman–Crippen MR) is 100 cm³/mol. The van der Waals surface area contributed by atoms with E-state index in [0.717, 1.165) is 5.56 Å². The van der Waals surface area contributed by atoms with Crippen LogP contribution in [0.15, 0.2) is 58.8 Å². The smallest absolute Gasteiger partial charge is 0.220 e. The van der Waals surface area contributed by atoms with Crippen LogP contribution in [0.5, 0.6) is 11.5 Å². The standard InChI is InChI=1S/C19H19N5O2/c1-12-17(18(22-19(20)21-12)13-7-5-4-6-8-13)24-23-15-11-14(25-2)9-10-16(15)26-3/h4-11H,1-3H3,(H2,20,21,22). The summed E-state index contributed by atoms with van der Waals surface area (Å²) < 4.78 is 10.6. The largest absolute Gasteiger partial charge is 0.497 e. The molecule has 2 N–H and O–H groups in total. The lowest BCUT2D eigenvalue weighted by molar-refractivity contribution is 0.404. The van der Waals surface area contributed by atoms with Gasteiger partial charge in [-0.2, -0.15) is 0 Å². The number of anilines is 1. The summed E-state index contributed by atoms with van der Waals surface area (Å²) in [5, 5.41) is 8.72. The number of aromatic nitrogens is 2. The van der Waals surface area contributed by atoms with Crippen molar-refractivity contribution in [3.63, 3.8) is 0 Å². The number of hydrogen-bond donors (Lipinski definition) is 1. The van der Waals surface area contributed by atoms with Gasteiger partial charge in [0.25, 0.3) is 0 Å². The Kier molecular flexibility index (Phi) is 5.07. The molecule has 7 heteroatoms. The van der Waals surface area contributed by atoms with Crippen LogP contribution < -0.4 is 15.2 Å². The van der Waals surface area contributed by atoms with Gasteiger partial charge in [0.2, 0.25) is 5.95 Å².